The smallest absolute Gasteiger partial charge is 0.218 e. The summed E-state index contributed by atoms with van der Waals surface area (Å²) < 4.78 is 0. The summed E-state index contributed by atoms with van der Waals surface area (Å²) in [5, 5.41) is 0. The molecular weight excluding hydrogens is 204 g/mol. The lowest BCUT2D eigenvalue weighted by atomic mass is 10.2. The molecule has 0 saturated carbocycles. The zero-order valence-corrected chi connectivity index (χ0v) is 9.89. The van der Waals surface area contributed by atoms with Crippen molar-refractivity contribution < 1.29 is 0 Å². The van der Waals surface area contributed by atoms with Crippen LogP contribution in [0.4, 0.5) is 0 Å². The second-order valence-electron chi connectivity index (χ2n) is 4.35. The molecule has 6 N–H and O–H groups in total. The van der Waals surface area contributed by atoms with Gasteiger partial charge < -0.3 is 22.1 Å². The third-order valence-corrected chi connectivity index (χ3v) is 2.58. The van der Waals surface area contributed by atoms with E-state index in [1.54, 1.807) is 0 Å². The average Bonchev–Trinajstić information content (AvgIpc) is 2.66. The van der Waals surface area contributed by atoms with E-state index < -0.39 is 0 Å². The summed E-state index contributed by atoms with van der Waals surface area (Å²) in [6.07, 6.45) is 2.62. The highest BCUT2D eigenvalue weighted by Crippen LogP contribution is 2.10. The molecule has 0 bridgehead atoms. The maximum absolute atomic E-state index is 5.52. The topological polar surface area (TPSA) is 106 Å². The Hall–Kier alpha value is -1.30. The van der Waals surface area contributed by atoms with Crippen LogP contribution >= 0.6 is 0 Å². The van der Waals surface area contributed by atoms with Gasteiger partial charge in [0.1, 0.15) is 0 Å². The molecule has 0 spiro atoms. The second kappa shape index (κ2) is 6.32. The summed E-state index contributed by atoms with van der Waals surface area (Å²) in [4.78, 5) is 10.2. The fraction of sp³-hybridized carbons (Fsp3) is 0.800. The predicted octanol–water partition coefficient (Wildman–Crippen LogP) is -0.694. The van der Waals surface area contributed by atoms with E-state index in [0.29, 0.717) is 12.5 Å². The third-order valence-electron chi connectivity index (χ3n) is 2.58. The summed E-state index contributed by atoms with van der Waals surface area (Å²) in [5.74, 6) is 0.590. The summed E-state index contributed by atoms with van der Waals surface area (Å²) >= 11 is 0. The highest BCUT2D eigenvalue weighted by atomic mass is 15.1. The molecule has 1 rings (SSSR count). The molecule has 1 atom stereocenters. The minimum Gasteiger partial charge on any atom is -0.370 e. The Bertz CT molecular complexity index is 262. The average molecular weight is 226 g/mol. The zero-order valence-electron chi connectivity index (χ0n) is 9.89. The lowest BCUT2D eigenvalue weighted by molar-refractivity contribution is 0.291. The van der Waals surface area contributed by atoms with Gasteiger partial charge in [0.2, 0.25) is 5.96 Å². The van der Waals surface area contributed by atoms with Crippen molar-refractivity contribution in [2.75, 3.05) is 26.2 Å². The van der Waals surface area contributed by atoms with E-state index >= 15 is 0 Å². The highest BCUT2D eigenvalue weighted by Gasteiger charge is 2.14. The first-order chi connectivity index (χ1) is 7.58. The number of guanidine groups is 2. The van der Waals surface area contributed by atoms with Crippen LogP contribution in [0.5, 0.6) is 0 Å². The van der Waals surface area contributed by atoms with Gasteiger partial charge in [-0.2, -0.15) is 4.99 Å². The number of nitrogens with two attached hydrogens (primary N) is 3. The number of rotatable bonds is 4. The Balaban J connectivity index is 2.28. The molecule has 92 valence electrons. The molecule has 1 saturated heterocycles. The van der Waals surface area contributed by atoms with Gasteiger partial charge in [-0.25, -0.2) is 0 Å². The minimum atomic E-state index is -0.0477. The SMILES string of the molecule is CC(CN=C(N)N=C(N)N)CN1CCCC1. The molecule has 1 aliphatic rings. The fourth-order valence-corrected chi connectivity index (χ4v) is 1.88. The van der Waals surface area contributed by atoms with E-state index in [2.05, 4.69) is 21.8 Å². The van der Waals surface area contributed by atoms with Crippen molar-refractivity contribution in [3.8, 4) is 0 Å². The van der Waals surface area contributed by atoms with Crippen molar-refractivity contribution in [2.24, 2.45) is 33.1 Å². The number of hydrogen-bond acceptors (Lipinski definition) is 2. The maximum Gasteiger partial charge on any atom is 0.218 e. The number of nitrogens with zero attached hydrogens (tertiary/aromatic N) is 3. The minimum absolute atomic E-state index is 0.0477. The summed E-state index contributed by atoms with van der Waals surface area (Å²) in [5.41, 5.74) is 15.9. The number of hydrogen-bond donors (Lipinski definition) is 3. The van der Waals surface area contributed by atoms with Crippen LogP contribution in [0.25, 0.3) is 0 Å². The van der Waals surface area contributed by atoms with Crippen LogP contribution in [0.15, 0.2) is 9.98 Å². The molecule has 6 nitrogen and oxygen atoms in total. The molecule has 1 heterocycles. The molecule has 16 heavy (non-hydrogen) atoms. The van der Waals surface area contributed by atoms with Crippen LogP contribution in [-0.4, -0.2) is 43.0 Å². The van der Waals surface area contributed by atoms with Gasteiger partial charge in [0, 0.05) is 13.1 Å². The second-order valence-corrected chi connectivity index (χ2v) is 4.35. The van der Waals surface area contributed by atoms with Crippen molar-refractivity contribution >= 4 is 11.9 Å². The molecular formula is C10H22N6. The fourth-order valence-electron chi connectivity index (χ4n) is 1.88. The largest absolute Gasteiger partial charge is 0.370 e. The summed E-state index contributed by atoms with van der Waals surface area (Å²) in [6.45, 7) is 6.30. The van der Waals surface area contributed by atoms with Crippen LogP contribution in [0.1, 0.15) is 19.8 Å². The predicted molar refractivity (Wildman–Crippen MR) is 67.1 cm³/mol. The molecule has 6 heteroatoms. The van der Waals surface area contributed by atoms with E-state index in [1.165, 1.54) is 25.9 Å². The van der Waals surface area contributed by atoms with E-state index in [4.69, 9.17) is 17.2 Å². The summed E-state index contributed by atoms with van der Waals surface area (Å²) in [7, 11) is 0. The van der Waals surface area contributed by atoms with Gasteiger partial charge in [-0.05, 0) is 31.8 Å². The molecule has 0 aromatic carbocycles. The maximum atomic E-state index is 5.52. The van der Waals surface area contributed by atoms with Crippen molar-refractivity contribution in [1.82, 2.24) is 4.90 Å². The van der Waals surface area contributed by atoms with Gasteiger partial charge in [0.15, 0.2) is 5.96 Å². The van der Waals surface area contributed by atoms with Crippen LogP contribution in [0.2, 0.25) is 0 Å². The van der Waals surface area contributed by atoms with Gasteiger partial charge in [0.05, 0.1) is 0 Å². The third kappa shape index (κ3) is 4.97. The van der Waals surface area contributed by atoms with Crippen molar-refractivity contribution in [3.05, 3.63) is 0 Å². The molecule has 1 unspecified atom stereocenters. The first kappa shape index (κ1) is 12.8. The van der Waals surface area contributed by atoms with E-state index in [1.807, 2.05) is 0 Å². The Morgan fingerprint density at radius 1 is 1.25 bits per heavy atom. The Kier molecular flexibility index (Phi) is 5.04. The van der Waals surface area contributed by atoms with Crippen LogP contribution in [0.3, 0.4) is 0 Å². The lowest BCUT2D eigenvalue weighted by Crippen LogP contribution is -2.28. The normalized spacial score (nSPS) is 19.7. The zero-order chi connectivity index (χ0) is 12.0. The number of aliphatic imine (C=N–C) groups is 2. The van der Waals surface area contributed by atoms with Gasteiger partial charge in [0.25, 0.3) is 0 Å². The molecule has 0 aliphatic carbocycles. The van der Waals surface area contributed by atoms with Crippen molar-refractivity contribution in [2.45, 2.75) is 19.8 Å². The first-order valence-corrected chi connectivity index (χ1v) is 5.70. The molecule has 1 fully saturated rings. The van der Waals surface area contributed by atoms with Crippen LogP contribution < -0.4 is 17.2 Å². The number of likely N-dealkylation sites (tertiary alicyclic amines) is 1. The summed E-state index contributed by atoms with van der Waals surface area (Å²) in [6, 6.07) is 0. The van der Waals surface area contributed by atoms with Gasteiger partial charge in [-0.1, -0.05) is 6.92 Å². The van der Waals surface area contributed by atoms with Crippen LogP contribution in [0, 0.1) is 5.92 Å². The van der Waals surface area contributed by atoms with Crippen molar-refractivity contribution in [1.29, 1.82) is 0 Å². The standard InChI is InChI=1S/C10H22N6/c1-8(7-16-4-2-3-5-16)6-14-10(13)15-9(11)12/h8H,2-7H2,1H3,(H6,11,12,13,14,15). The molecule has 0 aromatic rings. The van der Waals surface area contributed by atoms with Gasteiger partial charge >= 0.3 is 0 Å². The Labute approximate surface area is 96.6 Å². The van der Waals surface area contributed by atoms with E-state index in [0.717, 1.165) is 6.54 Å². The molecule has 0 aromatic heterocycles. The van der Waals surface area contributed by atoms with E-state index in [9.17, 15) is 0 Å². The van der Waals surface area contributed by atoms with Gasteiger partial charge in [-0.3, -0.25) is 4.99 Å². The highest BCUT2D eigenvalue weighted by molar-refractivity contribution is 5.92. The van der Waals surface area contributed by atoms with Gasteiger partial charge in [-0.15, -0.1) is 0 Å². The Morgan fingerprint density at radius 3 is 2.44 bits per heavy atom. The molecule has 1 aliphatic heterocycles. The van der Waals surface area contributed by atoms with E-state index in [-0.39, 0.29) is 11.9 Å². The first-order valence-electron chi connectivity index (χ1n) is 5.70. The Morgan fingerprint density at radius 2 is 1.88 bits per heavy atom. The van der Waals surface area contributed by atoms with Crippen molar-refractivity contribution in [3.63, 3.8) is 0 Å². The van der Waals surface area contributed by atoms with Crippen LogP contribution in [-0.2, 0) is 0 Å². The molecule has 0 amide bonds. The monoisotopic (exact) mass is 226 g/mol. The lowest BCUT2D eigenvalue weighted by Gasteiger charge is -2.18. The quantitative estimate of drug-likeness (QED) is 0.435. The molecule has 0 radical (unpaired) electrons.